The lowest BCUT2D eigenvalue weighted by Gasteiger charge is -2.15. The highest BCUT2D eigenvalue weighted by molar-refractivity contribution is 9.10. The van der Waals surface area contributed by atoms with Crippen LogP contribution in [0.3, 0.4) is 0 Å². The third kappa shape index (κ3) is 5.66. The molecule has 5 heteroatoms. The minimum Gasteiger partial charge on any atom is -0.490 e. The molecule has 0 heterocycles. The fourth-order valence-corrected chi connectivity index (χ4v) is 3.21. The molecule has 3 aromatic carbocycles. The van der Waals surface area contributed by atoms with E-state index in [1.54, 1.807) is 0 Å². The third-order valence-electron chi connectivity index (χ3n) is 4.30. The van der Waals surface area contributed by atoms with Gasteiger partial charge in [0, 0.05) is 21.7 Å². The molecule has 3 rings (SSSR count). The van der Waals surface area contributed by atoms with E-state index in [9.17, 15) is 0 Å². The van der Waals surface area contributed by atoms with Crippen molar-refractivity contribution in [2.45, 2.75) is 27.0 Å². The molecule has 0 saturated carbocycles. The van der Waals surface area contributed by atoms with Crippen molar-refractivity contribution in [2.24, 2.45) is 0 Å². The number of rotatable bonds is 8. The maximum atomic E-state index is 6.10. The highest BCUT2D eigenvalue weighted by Crippen LogP contribution is 2.30. The number of hydrogen-bond acceptors (Lipinski definition) is 3. The summed E-state index contributed by atoms with van der Waals surface area (Å²) >= 11 is 9.55. The highest BCUT2D eigenvalue weighted by atomic mass is 79.9. The van der Waals surface area contributed by atoms with E-state index in [1.165, 1.54) is 0 Å². The second-order valence-corrected chi connectivity index (χ2v) is 7.79. The molecule has 0 aliphatic heterocycles. The van der Waals surface area contributed by atoms with Crippen molar-refractivity contribution in [1.29, 1.82) is 0 Å². The fraction of sp³-hybridized carbons (Fsp3) is 0.217. The first kappa shape index (κ1) is 20.6. The van der Waals surface area contributed by atoms with Crippen molar-refractivity contribution in [1.82, 2.24) is 0 Å². The van der Waals surface area contributed by atoms with Crippen LogP contribution in [-0.2, 0) is 13.2 Å². The minimum absolute atomic E-state index is 0.493. The number of hydrogen-bond donors (Lipinski definition) is 1. The molecule has 146 valence electrons. The van der Waals surface area contributed by atoms with E-state index in [0.717, 1.165) is 43.4 Å². The Labute approximate surface area is 179 Å². The Balaban J connectivity index is 1.69. The lowest BCUT2D eigenvalue weighted by Crippen LogP contribution is -2.04. The van der Waals surface area contributed by atoms with Gasteiger partial charge in [-0.2, -0.15) is 0 Å². The molecule has 0 radical (unpaired) electrons. The second-order valence-electron chi connectivity index (χ2n) is 6.44. The highest BCUT2D eigenvalue weighted by Gasteiger charge is 2.08. The molecule has 0 fully saturated rings. The van der Waals surface area contributed by atoms with Crippen LogP contribution in [0.5, 0.6) is 11.5 Å². The Kier molecular flexibility index (Phi) is 7.24. The summed E-state index contributed by atoms with van der Waals surface area (Å²) in [5, 5.41) is 4.16. The predicted octanol–water partition coefficient (Wildman–Crippen LogP) is 7.00. The van der Waals surface area contributed by atoms with Crippen LogP contribution in [0.25, 0.3) is 0 Å². The number of nitrogens with one attached hydrogen (secondary N) is 1. The molecule has 0 spiro atoms. The summed E-state index contributed by atoms with van der Waals surface area (Å²) in [6.07, 6.45) is 0. The molecule has 0 atom stereocenters. The van der Waals surface area contributed by atoms with E-state index in [2.05, 4.69) is 28.2 Å². The van der Waals surface area contributed by atoms with Crippen molar-refractivity contribution >= 4 is 33.2 Å². The third-order valence-corrected chi connectivity index (χ3v) is 5.06. The number of ether oxygens (including phenoxy) is 2. The number of aryl methyl sites for hydroxylation is 1. The summed E-state index contributed by atoms with van der Waals surface area (Å²) in [4.78, 5) is 0. The topological polar surface area (TPSA) is 30.5 Å². The Hall–Kier alpha value is -2.17. The number of halogens is 2. The van der Waals surface area contributed by atoms with Gasteiger partial charge in [0.25, 0.3) is 0 Å². The van der Waals surface area contributed by atoms with Gasteiger partial charge in [-0.05, 0) is 66.9 Å². The van der Waals surface area contributed by atoms with Gasteiger partial charge in [-0.25, -0.2) is 0 Å². The van der Waals surface area contributed by atoms with Gasteiger partial charge in [-0.3, -0.25) is 0 Å². The summed E-state index contributed by atoms with van der Waals surface area (Å²) in [6.45, 7) is 5.78. The van der Waals surface area contributed by atoms with E-state index in [1.807, 2.05) is 67.6 Å². The van der Waals surface area contributed by atoms with E-state index in [0.29, 0.717) is 19.8 Å². The molecule has 0 aliphatic carbocycles. The summed E-state index contributed by atoms with van der Waals surface area (Å²) in [6, 6.07) is 20.0. The van der Waals surface area contributed by atoms with Crippen LogP contribution in [0.4, 0.5) is 5.69 Å². The second kappa shape index (κ2) is 9.85. The van der Waals surface area contributed by atoms with Crippen LogP contribution in [0, 0.1) is 6.92 Å². The Morgan fingerprint density at radius 1 is 0.893 bits per heavy atom. The van der Waals surface area contributed by atoms with Gasteiger partial charge in [0.05, 0.1) is 6.61 Å². The van der Waals surface area contributed by atoms with Gasteiger partial charge < -0.3 is 14.8 Å². The Morgan fingerprint density at radius 3 is 2.39 bits per heavy atom. The summed E-state index contributed by atoms with van der Waals surface area (Å²) in [7, 11) is 0. The van der Waals surface area contributed by atoms with Crippen LogP contribution in [0.1, 0.15) is 23.6 Å². The standard InChI is InChI=1S/C23H23BrClNO2/c1-3-27-23-12-18(14-26-21-13-20(25)10-4-16(21)2)7-11-22(23)28-15-17-5-8-19(24)9-6-17/h4-13,26H,3,14-15H2,1-2H3. The Morgan fingerprint density at radius 2 is 1.64 bits per heavy atom. The molecule has 3 aromatic rings. The maximum absolute atomic E-state index is 6.10. The summed E-state index contributed by atoms with van der Waals surface area (Å²) in [5.41, 5.74) is 4.40. The Bertz CT molecular complexity index is 928. The molecule has 1 N–H and O–H groups in total. The first-order chi connectivity index (χ1) is 13.5. The smallest absolute Gasteiger partial charge is 0.161 e. The van der Waals surface area contributed by atoms with E-state index in [-0.39, 0.29) is 0 Å². The SMILES string of the molecule is CCOc1cc(CNc2cc(Cl)ccc2C)ccc1OCc1ccc(Br)cc1. The lowest BCUT2D eigenvalue weighted by atomic mass is 10.1. The van der Waals surface area contributed by atoms with Crippen molar-refractivity contribution in [3.8, 4) is 11.5 Å². The molecule has 3 nitrogen and oxygen atoms in total. The van der Waals surface area contributed by atoms with Gasteiger partial charge in [-0.1, -0.05) is 51.8 Å². The molecule has 0 amide bonds. The van der Waals surface area contributed by atoms with Crippen molar-refractivity contribution in [2.75, 3.05) is 11.9 Å². The molecule has 0 aliphatic rings. The van der Waals surface area contributed by atoms with Gasteiger partial charge in [0.1, 0.15) is 6.61 Å². The van der Waals surface area contributed by atoms with Crippen LogP contribution < -0.4 is 14.8 Å². The van der Waals surface area contributed by atoms with Gasteiger partial charge in [0.15, 0.2) is 11.5 Å². The predicted molar refractivity (Wildman–Crippen MR) is 120 cm³/mol. The van der Waals surface area contributed by atoms with Crippen molar-refractivity contribution < 1.29 is 9.47 Å². The normalized spacial score (nSPS) is 10.6. The monoisotopic (exact) mass is 459 g/mol. The molecule has 0 aromatic heterocycles. The van der Waals surface area contributed by atoms with E-state index in [4.69, 9.17) is 21.1 Å². The summed E-state index contributed by atoms with van der Waals surface area (Å²) in [5.74, 6) is 1.49. The number of benzene rings is 3. The average Bonchev–Trinajstić information content (AvgIpc) is 2.69. The number of anilines is 1. The molecule has 28 heavy (non-hydrogen) atoms. The molecule has 0 unspecified atom stereocenters. The van der Waals surface area contributed by atoms with Crippen LogP contribution in [0.15, 0.2) is 65.1 Å². The largest absolute Gasteiger partial charge is 0.490 e. The lowest BCUT2D eigenvalue weighted by molar-refractivity contribution is 0.269. The molecular weight excluding hydrogens is 438 g/mol. The van der Waals surface area contributed by atoms with E-state index >= 15 is 0 Å². The van der Waals surface area contributed by atoms with Gasteiger partial charge in [0.2, 0.25) is 0 Å². The quantitative estimate of drug-likeness (QED) is 0.392. The molecule has 0 saturated heterocycles. The van der Waals surface area contributed by atoms with Crippen LogP contribution in [-0.4, -0.2) is 6.61 Å². The molecule has 0 bridgehead atoms. The van der Waals surface area contributed by atoms with Crippen LogP contribution in [0.2, 0.25) is 5.02 Å². The first-order valence-corrected chi connectivity index (χ1v) is 10.3. The van der Waals surface area contributed by atoms with E-state index < -0.39 is 0 Å². The zero-order valence-electron chi connectivity index (χ0n) is 16.0. The van der Waals surface area contributed by atoms with Crippen LogP contribution >= 0.6 is 27.5 Å². The average molecular weight is 461 g/mol. The van der Waals surface area contributed by atoms with Crippen molar-refractivity contribution in [3.63, 3.8) is 0 Å². The first-order valence-electron chi connectivity index (χ1n) is 9.18. The fourth-order valence-electron chi connectivity index (χ4n) is 2.77. The molecular formula is C23H23BrClNO2. The maximum Gasteiger partial charge on any atom is 0.161 e. The van der Waals surface area contributed by atoms with Gasteiger partial charge >= 0.3 is 0 Å². The minimum atomic E-state index is 0.493. The van der Waals surface area contributed by atoms with Crippen molar-refractivity contribution in [3.05, 3.63) is 86.8 Å². The zero-order valence-corrected chi connectivity index (χ0v) is 18.3. The van der Waals surface area contributed by atoms with Gasteiger partial charge in [-0.15, -0.1) is 0 Å². The summed E-state index contributed by atoms with van der Waals surface area (Å²) < 4.78 is 12.8. The zero-order chi connectivity index (χ0) is 19.9.